The van der Waals surface area contributed by atoms with Crippen LogP contribution < -0.4 is 0 Å². The molecule has 0 aliphatic carbocycles. The third-order valence-electron chi connectivity index (χ3n) is 1.83. The molecule has 76 valence electrons. The van der Waals surface area contributed by atoms with Crippen LogP contribution in [-0.2, 0) is 16.0 Å². The molecule has 0 atom stereocenters. The van der Waals surface area contributed by atoms with E-state index in [0.717, 1.165) is 12.1 Å². The molecule has 0 saturated carbocycles. The predicted molar refractivity (Wildman–Crippen MR) is 46.7 cm³/mol. The Kier molecular flexibility index (Phi) is 3.56. The Morgan fingerprint density at radius 3 is 2.64 bits per heavy atom. The lowest BCUT2D eigenvalue weighted by Gasteiger charge is -2.00. The van der Waals surface area contributed by atoms with Gasteiger partial charge in [-0.3, -0.25) is 4.79 Å². The standard InChI is InChI=1S/C10H10F2O2/c1-14-10(13)5-3-7-2-4-8(11)9(12)6-7/h2,4,6H,3,5H2,1H3. The molecule has 0 radical (unpaired) electrons. The summed E-state index contributed by atoms with van der Waals surface area (Å²) in [5, 5.41) is 0. The Labute approximate surface area is 80.5 Å². The highest BCUT2D eigenvalue weighted by Crippen LogP contribution is 2.10. The SMILES string of the molecule is COC(=O)CCc1ccc(F)c(F)c1. The highest BCUT2D eigenvalue weighted by atomic mass is 19.2. The average molecular weight is 200 g/mol. The second-order valence-corrected chi connectivity index (χ2v) is 2.82. The first kappa shape index (κ1) is 10.6. The van der Waals surface area contributed by atoms with Crippen LogP contribution in [0.4, 0.5) is 8.78 Å². The minimum absolute atomic E-state index is 0.168. The molecule has 0 bridgehead atoms. The molecule has 1 rings (SSSR count). The van der Waals surface area contributed by atoms with Crippen LogP contribution in [0, 0.1) is 11.6 Å². The van der Waals surface area contributed by atoms with Crippen LogP contribution in [0.1, 0.15) is 12.0 Å². The normalized spacial score (nSPS) is 9.93. The van der Waals surface area contributed by atoms with Gasteiger partial charge in [-0.1, -0.05) is 6.07 Å². The van der Waals surface area contributed by atoms with Gasteiger partial charge in [-0.2, -0.15) is 0 Å². The number of aryl methyl sites for hydroxylation is 1. The number of esters is 1. The molecule has 0 aliphatic heterocycles. The first-order valence-corrected chi connectivity index (χ1v) is 4.14. The first-order valence-electron chi connectivity index (χ1n) is 4.14. The lowest BCUT2D eigenvalue weighted by atomic mass is 10.1. The van der Waals surface area contributed by atoms with Crippen molar-refractivity contribution in [1.82, 2.24) is 0 Å². The summed E-state index contributed by atoms with van der Waals surface area (Å²) >= 11 is 0. The quantitative estimate of drug-likeness (QED) is 0.698. The summed E-state index contributed by atoms with van der Waals surface area (Å²) < 4.78 is 29.6. The van der Waals surface area contributed by atoms with Gasteiger partial charge in [0.25, 0.3) is 0 Å². The smallest absolute Gasteiger partial charge is 0.305 e. The van der Waals surface area contributed by atoms with E-state index < -0.39 is 11.6 Å². The van der Waals surface area contributed by atoms with Crippen molar-refractivity contribution < 1.29 is 18.3 Å². The van der Waals surface area contributed by atoms with Crippen molar-refractivity contribution in [2.45, 2.75) is 12.8 Å². The number of halogens is 2. The molecule has 0 aliphatic rings. The average Bonchev–Trinajstić information content (AvgIpc) is 2.19. The summed E-state index contributed by atoms with van der Waals surface area (Å²) in [5.41, 5.74) is 0.578. The fourth-order valence-electron chi connectivity index (χ4n) is 1.04. The van der Waals surface area contributed by atoms with E-state index in [1.54, 1.807) is 0 Å². The number of rotatable bonds is 3. The zero-order chi connectivity index (χ0) is 10.6. The molecule has 14 heavy (non-hydrogen) atoms. The maximum Gasteiger partial charge on any atom is 0.305 e. The van der Waals surface area contributed by atoms with Gasteiger partial charge in [0.05, 0.1) is 7.11 Å². The fourth-order valence-corrected chi connectivity index (χ4v) is 1.04. The van der Waals surface area contributed by atoms with E-state index in [2.05, 4.69) is 4.74 Å². The van der Waals surface area contributed by atoms with E-state index >= 15 is 0 Å². The zero-order valence-electron chi connectivity index (χ0n) is 7.72. The van der Waals surface area contributed by atoms with E-state index in [0.29, 0.717) is 12.0 Å². The van der Waals surface area contributed by atoms with Crippen molar-refractivity contribution in [2.24, 2.45) is 0 Å². The Hall–Kier alpha value is -1.45. The second kappa shape index (κ2) is 4.69. The molecular weight excluding hydrogens is 190 g/mol. The van der Waals surface area contributed by atoms with Crippen LogP contribution in [0.15, 0.2) is 18.2 Å². The predicted octanol–water partition coefficient (Wildman–Crippen LogP) is 2.07. The molecule has 4 heteroatoms. The van der Waals surface area contributed by atoms with Gasteiger partial charge in [-0.05, 0) is 24.1 Å². The van der Waals surface area contributed by atoms with Crippen LogP contribution in [0.5, 0.6) is 0 Å². The first-order chi connectivity index (χ1) is 6.63. The molecule has 0 N–H and O–H groups in total. The van der Waals surface area contributed by atoms with Crippen molar-refractivity contribution in [3.05, 3.63) is 35.4 Å². The third kappa shape index (κ3) is 2.80. The Morgan fingerprint density at radius 2 is 2.07 bits per heavy atom. The molecule has 0 spiro atoms. The van der Waals surface area contributed by atoms with Gasteiger partial charge in [0.1, 0.15) is 0 Å². The molecule has 0 saturated heterocycles. The van der Waals surface area contributed by atoms with Crippen LogP contribution in [0.25, 0.3) is 0 Å². The minimum atomic E-state index is -0.896. The Balaban J connectivity index is 2.60. The van der Waals surface area contributed by atoms with E-state index in [-0.39, 0.29) is 12.4 Å². The summed E-state index contributed by atoms with van der Waals surface area (Å²) in [6, 6.07) is 3.57. The van der Waals surface area contributed by atoms with E-state index in [1.807, 2.05) is 0 Å². The molecule has 2 nitrogen and oxygen atoms in total. The lowest BCUT2D eigenvalue weighted by Crippen LogP contribution is -2.02. The summed E-state index contributed by atoms with van der Waals surface area (Å²) in [6.45, 7) is 0. The molecule has 1 aromatic rings. The van der Waals surface area contributed by atoms with Crippen LogP contribution in [0.3, 0.4) is 0 Å². The summed E-state index contributed by atoms with van der Waals surface area (Å²) in [6.07, 6.45) is 0.519. The van der Waals surface area contributed by atoms with Crippen LogP contribution in [0.2, 0.25) is 0 Å². The van der Waals surface area contributed by atoms with Gasteiger partial charge in [0.15, 0.2) is 11.6 Å². The highest BCUT2D eigenvalue weighted by Gasteiger charge is 2.05. The molecule has 0 aromatic heterocycles. The van der Waals surface area contributed by atoms with Crippen molar-refractivity contribution >= 4 is 5.97 Å². The Morgan fingerprint density at radius 1 is 1.36 bits per heavy atom. The largest absolute Gasteiger partial charge is 0.469 e. The molecule has 0 amide bonds. The van der Waals surface area contributed by atoms with E-state index in [1.165, 1.54) is 13.2 Å². The third-order valence-corrected chi connectivity index (χ3v) is 1.83. The van der Waals surface area contributed by atoms with E-state index in [4.69, 9.17) is 0 Å². The second-order valence-electron chi connectivity index (χ2n) is 2.82. The number of hydrogen-bond donors (Lipinski definition) is 0. The maximum atomic E-state index is 12.7. The number of carbonyl (C=O) groups excluding carboxylic acids is 1. The molecule has 0 unspecified atom stereocenters. The van der Waals surface area contributed by atoms with Gasteiger partial charge in [0, 0.05) is 6.42 Å². The van der Waals surface area contributed by atoms with Crippen molar-refractivity contribution in [1.29, 1.82) is 0 Å². The van der Waals surface area contributed by atoms with Gasteiger partial charge < -0.3 is 4.74 Å². The van der Waals surface area contributed by atoms with E-state index in [9.17, 15) is 13.6 Å². The summed E-state index contributed by atoms with van der Waals surface area (Å²) in [7, 11) is 1.29. The van der Waals surface area contributed by atoms with Gasteiger partial charge in [-0.25, -0.2) is 8.78 Å². The van der Waals surface area contributed by atoms with Crippen molar-refractivity contribution in [3.63, 3.8) is 0 Å². The van der Waals surface area contributed by atoms with Crippen molar-refractivity contribution in [3.8, 4) is 0 Å². The topological polar surface area (TPSA) is 26.3 Å². The van der Waals surface area contributed by atoms with Gasteiger partial charge >= 0.3 is 5.97 Å². The monoisotopic (exact) mass is 200 g/mol. The van der Waals surface area contributed by atoms with Crippen LogP contribution >= 0.6 is 0 Å². The van der Waals surface area contributed by atoms with Gasteiger partial charge in [-0.15, -0.1) is 0 Å². The minimum Gasteiger partial charge on any atom is -0.469 e. The highest BCUT2D eigenvalue weighted by molar-refractivity contribution is 5.69. The lowest BCUT2D eigenvalue weighted by molar-refractivity contribution is -0.140. The van der Waals surface area contributed by atoms with Crippen molar-refractivity contribution in [2.75, 3.05) is 7.11 Å². The zero-order valence-corrected chi connectivity index (χ0v) is 7.72. The summed E-state index contributed by atoms with van der Waals surface area (Å²) in [4.78, 5) is 10.7. The van der Waals surface area contributed by atoms with Gasteiger partial charge in [0.2, 0.25) is 0 Å². The fraction of sp³-hybridized carbons (Fsp3) is 0.300. The number of ether oxygens (including phenoxy) is 1. The summed E-state index contributed by atoms with van der Waals surface area (Å²) in [5.74, 6) is -2.14. The number of benzene rings is 1. The Bertz CT molecular complexity index is 337. The van der Waals surface area contributed by atoms with Crippen LogP contribution in [-0.4, -0.2) is 13.1 Å². The molecule has 0 heterocycles. The maximum absolute atomic E-state index is 12.7. The molecular formula is C10H10F2O2. The number of methoxy groups -OCH3 is 1. The number of carbonyl (C=O) groups is 1. The number of hydrogen-bond acceptors (Lipinski definition) is 2. The molecule has 1 aromatic carbocycles. The molecule has 0 fully saturated rings.